The monoisotopic (exact) mass is 559 g/mol. The maximum Gasteiger partial charge on any atom is 0.573 e. The summed E-state index contributed by atoms with van der Waals surface area (Å²) in [7, 11) is 0. The first-order valence-corrected chi connectivity index (χ1v) is 12.7. The molecule has 0 atom stereocenters. The number of hydrogen-bond acceptors (Lipinski definition) is 9. The average molecular weight is 560 g/mol. The molecule has 0 saturated heterocycles. The van der Waals surface area contributed by atoms with Crippen molar-refractivity contribution < 1.29 is 27.6 Å². The molecule has 3 aromatic rings. The third kappa shape index (κ3) is 8.51. The highest BCUT2D eigenvalue weighted by molar-refractivity contribution is 5.78. The maximum atomic E-state index is 12.7. The number of benzene rings is 1. The smallest absolute Gasteiger partial charge is 0.405 e. The van der Waals surface area contributed by atoms with Gasteiger partial charge in [-0.2, -0.15) is 4.98 Å². The summed E-state index contributed by atoms with van der Waals surface area (Å²) < 4.78 is 42.1. The number of nitrogens with zero attached hydrogens (tertiary/aromatic N) is 4. The Kier molecular flexibility index (Phi) is 9.30. The van der Waals surface area contributed by atoms with Gasteiger partial charge >= 0.3 is 12.0 Å². The van der Waals surface area contributed by atoms with Gasteiger partial charge in [-0.3, -0.25) is 19.9 Å². The Morgan fingerprint density at radius 2 is 1.85 bits per heavy atom. The second-order valence-electron chi connectivity index (χ2n) is 9.40. The predicted octanol–water partition coefficient (Wildman–Crippen LogP) is 4.62. The van der Waals surface area contributed by atoms with E-state index in [4.69, 9.17) is 0 Å². The zero-order valence-corrected chi connectivity index (χ0v) is 21.4. The Balaban J connectivity index is 1.30. The van der Waals surface area contributed by atoms with E-state index in [0.717, 1.165) is 37.4 Å². The molecule has 11 nitrogen and oxygen atoms in total. The van der Waals surface area contributed by atoms with Crippen LogP contribution in [0, 0.1) is 16.0 Å². The summed E-state index contributed by atoms with van der Waals surface area (Å²) in [5.41, 5.74) is 0.736. The van der Waals surface area contributed by atoms with Crippen molar-refractivity contribution in [2.24, 2.45) is 5.92 Å². The Bertz CT molecular complexity index is 1300. The number of aromatic nitrogens is 3. The van der Waals surface area contributed by atoms with Crippen LogP contribution in [0.15, 0.2) is 55.0 Å². The highest BCUT2D eigenvalue weighted by Gasteiger charge is 2.32. The van der Waals surface area contributed by atoms with Crippen LogP contribution in [0.2, 0.25) is 0 Å². The molecular formula is C26H28F3N7O4. The van der Waals surface area contributed by atoms with E-state index in [1.807, 2.05) is 6.07 Å². The first kappa shape index (κ1) is 28.5. The largest absolute Gasteiger partial charge is 0.573 e. The third-order valence-corrected chi connectivity index (χ3v) is 6.46. The summed E-state index contributed by atoms with van der Waals surface area (Å²) in [5.74, 6) is -0.196. The minimum absolute atomic E-state index is 0.00854. The van der Waals surface area contributed by atoms with Crippen LogP contribution >= 0.6 is 0 Å². The van der Waals surface area contributed by atoms with Crippen LogP contribution < -0.4 is 20.7 Å². The van der Waals surface area contributed by atoms with E-state index in [9.17, 15) is 28.1 Å². The molecule has 1 aromatic carbocycles. The zero-order chi connectivity index (χ0) is 28.5. The van der Waals surface area contributed by atoms with Gasteiger partial charge in [-0.25, -0.2) is 4.98 Å². The van der Waals surface area contributed by atoms with Crippen LogP contribution in [-0.2, 0) is 17.8 Å². The molecule has 0 aliphatic heterocycles. The number of amides is 1. The minimum Gasteiger partial charge on any atom is -0.405 e. The van der Waals surface area contributed by atoms with Gasteiger partial charge in [0.05, 0.1) is 11.3 Å². The molecule has 0 radical (unpaired) electrons. The summed E-state index contributed by atoms with van der Waals surface area (Å²) in [6.07, 6.45) is 2.97. The highest BCUT2D eigenvalue weighted by atomic mass is 19.4. The predicted molar refractivity (Wildman–Crippen MR) is 139 cm³/mol. The Hall–Kier alpha value is -4.49. The van der Waals surface area contributed by atoms with Gasteiger partial charge in [0.2, 0.25) is 17.7 Å². The van der Waals surface area contributed by atoms with Crippen molar-refractivity contribution in [2.45, 2.75) is 51.1 Å². The SMILES string of the molecule is O=C(Cc1cccnc1)N[C@H]1CC[C@H](CNc2nc(NCc3ccccc3OC(F)(F)F)ncc2[N+](=O)[O-])CC1. The van der Waals surface area contributed by atoms with Crippen molar-refractivity contribution in [3.63, 3.8) is 0 Å². The highest BCUT2D eigenvalue weighted by Crippen LogP contribution is 2.29. The van der Waals surface area contributed by atoms with E-state index in [1.165, 1.54) is 18.2 Å². The normalized spacial score (nSPS) is 17.1. The summed E-state index contributed by atoms with van der Waals surface area (Å²) in [6, 6.07) is 9.32. The number of ether oxygens (including phenoxy) is 1. The molecule has 4 rings (SSSR count). The molecule has 1 aliphatic carbocycles. The van der Waals surface area contributed by atoms with Gasteiger partial charge in [0.25, 0.3) is 0 Å². The molecule has 1 amide bonds. The summed E-state index contributed by atoms with van der Waals surface area (Å²) in [6.45, 7) is 0.329. The second kappa shape index (κ2) is 13.0. The number of alkyl halides is 3. The lowest BCUT2D eigenvalue weighted by Crippen LogP contribution is -2.39. The number of para-hydroxylation sites is 1. The van der Waals surface area contributed by atoms with Gasteiger partial charge < -0.3 is 20.7 Å². The van der Waals surface area contributed by atoms with Gasteiger partial charge in [-0.15, -0.1) is 13.2 Å². The van der Waals surface area contributed by atoms with Crippen LogP contribution in [0.3, 0.4) is 0 Å². The van der Waals surface area contributed by atoms with Crippen molar-refractivity contribution in [3.05, 3.63) is 76.2 Å². The van der Waals surface area contributed by atoms with Crippen LogP contribution in [0.5, 0.6) is 5.75 Å². The fourth-order valence-electron chi connectivity index (χ4n) is 4.49. The van der Waals surface area contributed by atoms with E-state index < -0.39 is 11.3 Å². The Morgan fingerprint density at radius 3 is 2.55 bits per heavy atom. The zero-order valence-electron chi connectivity index (χ0n) is 21.4. The van der Waals surface area contributed by atoms with Crippen molar-refractivity contribution in [1.82, 2.24) is 20.3 Å². The first-order valence-electron chi connectivity index (χ1n) is 12.7. The lowest BCUT2D eigenvalue weighted by molar-refractivity contribution is -0.384. The first-order chi connectivity index (χ1) is 19.2. The number of rotatable bonds is 11. The topological polar surface area (TPSA) is 144 Å². The van der Waals surface area contributed by atoms with Crippen LogP contribution in [0.4, 0.5) is 30.6 Å². The molecule has 2 heterocycles. The molecule has 1 fully saturated rings. The lowest BCUT2D eigenvalue weighted by Gasteiger charge is -2.29. The number of pyridine rings is 1. The van der Waals surface area contributed by atoms with Gasteiger partial charge in [0.1, 0.15) is 11.9 Å². The fraction of sp³-hybridized carbons (Fsp3) is 0.385. The maximum absolute atomic E-state index is 12.7. The molecule has 1 aliphatic rings. The molecule has 14 heteroatoms. The molecule has 40 heavy (non-hydrogen) atoms. The number of hydrogen-bond donors (Lipinski definition) is 3. The van der Waals surface area contributed by atoms with Crippen molar-refractivity contribution in [1.29, 1.82) is 0 Å². The van der Waals surface area contributed by atoms with Gasteiger partial charge in [-0.05, 0) is 49.3 Å². The molecule has 2 aromatic heterocycles. The molecule has 0 unspecified atom stereocenters. The molecule has 1 saturated carbocycles. The lowest BCUT2D eigenvalue weighted by atomic mass is 9.86. The quantitative estimate of drug-likeness (QED) is 0.226. The number of anilines is 2. The second-order valence-corrected chi connectivity index (χ2v) is 9.40. The molecule has 0 bridgehead atoms. The van der Waals surface area contributed by atoms with Crippen LogP contribution in [-0.4, -0.2) is 44.7 Å². The van der Waals surface area contributed by atoms with Crippen LogP contribution in [0.1, 0.15) is 36.8 Å². The molecular weight excluding hydrogens is 531 g/mol. The number of carbonyl (C=O) groups is 1. The average Bonchev–Trinajstić information content (AvgIpc) is 2.92. The van der Waals surface area contributed by atoms with E-state index in [1.54, 1.807) is 24.5 Å². The van der Waals surface area contributed by atoms with Gasteiger partial charge in [0.15, 0.2) is 0 Å². The number of nitro groups is 1. The third-order valence-electron chi connectivity index (χ3n) is 6.46. The summed E-state index contributed by atoms with van der Waals surface area (Å²) >= 11 is 0. The minimum atomic E-state index is -4.85. The number of nitrogens with one attached hydrogen (secondary N) is 3. The molecule has 212 valence electrons. The van der Waals surface area contributed by atoms with E-state index in [0.29, 0.717) is 6.54 Å². The van der Waals surface area contributed by atoms with E-state index in [-0.39, 0.29) is 59.6 Å². The van der Waals surface area contributed by atoms with E-state index >= 15 is 0 Å². The van der Waals surface area contributed by atoms with E-state index in [2.05, 4.69) is 35.6 Å². The summed E-state index contributed by atoms with van der Waals surface area (Å²) in [5, 5.41) is 20.4. The standard InChI is InChI=1S/C26H28F3N7O4/c27-26(28,29)40-22-6-2-1-5-19(22)15-32-25-33-16-21(36(38)39)24(35-25)31-14-17-7-9-20(10-8-17)34-23(37)12-18-4-3-11-30-13-18/h1-6,11,13,16-17,20H,7-10,12,14-15H2,(H,34,37)(H2,31,32,33,35)/t17-,20-. The summed E-state index contributed by atoms with van der Waals surface area (Å²) in [4.78, 5) is 35.4. The Morgan fingerprint density at radius 1 is 1.07 bits per heavy atom. The van der Waals surface area contributed by atoms with Gasteiger partial charge in [-0.1, -0.05) is 24.3 Å². The van der Waals surface area contributed by atoms with Crippen molar-refractivity contribution in [2.75, 3.05) is 17.2 Å². The van der Waals surface area contributed by atoms with Crippen molar-refractivity contribution in [3.8, 4) is 5.75 Å². The Labute approximate surface area is 227 Å². The van der Waals surface area contributed by atoms with Crippen LogP contribution in [0.25, 0.3) is 0 Å². The van der Waals surface area contributed by atoms with Crippen molar-refractivity contribution >= 4 is 23.4 Å². The van der Waals surface area contributed by atoms with Gasteiger partial charge in [0, 0.05) is 37.1 Å². The fourth-order valence-corrected chi connectivity index (χ4v) is 4.49. The molecule has 0 spiro atoms. The number of halogens is 3. The number of carbonyl (C=O) groups excluding carboxylic acids is 1. The molecule has 3 N–H and O–H groups in total.